The summed E-state index contributed by atoms with van der Waals surface area (Å²) in [6.07, 6.45) is 5.41. The Hall–Kier alpha value is -1.46. The van der Waals surface area contributed by atoms with E-state index in [0.717, 1.165) is 0 Å². The van der Waals surface area contributed by atoms with Crippen LogP contribution < -0.4 is 5.48 Å². The molecule has 82 valence electrons. The third kappa shape index (κ3) is 5.09. The molecular weight excluding hydrogens is 196 g/mol. The zero-order valence-corrected chi connectivity index (χ0v) is 8.51. The highest BCUT2D eigenvalue weighted by molar-refractivity contribution is 5.86. The smallest absolute Gasteiger partial charge is 0.337 e. The van der Waals surface area contributed by atoms with E-state index in [1.165, 1.54) is 31.3 Å². The van der Waals surface area contributed by atoms with Gasteiger partial charge in [-0.1, -0.05) is 0 Å². The zero-order valence-electron chi connectivity index (χ0n) is 8.51. The Balaban J connectivity index is 0.000000162. The summed E-state index contributed by atoms with van der Waals surface area (Å²) in [5.41, 5.74) is 3.04. The number of aromatic carboxylic acids is 1. The molecule has 1 fully saturated rings. The number of carboxylic acids is 1. The largest absolute Gasteiger partial charge is 0.478 e. The zero-order chi connectivity index (χ0) is 11.1. The number of rotatable bonds is 3. The standard InChI is InChI=1S/C6H5NO2.C4H9NO/c8-6(9)5-2-1-3-7-4-5;1-6-5-4-2-3-4/h1-4H,(H,8,9);4-5H,2-3H2,1H3. The molecule has 0 aromatic carbocycles. The van der Waals surface area contributed by atoms with Crippen molar-refractivity contribution in [3.8, 4) is 0 Å². The Morgan fingerprint density at radius 2 is 2.40 bits per heavy atom. The molecule has 1 heterocycles. The van der Waals surface area contributed by atoms with Crippen LogP contribution in [-0.4, -0.2) is 29.2 Å². The van der Waals surface area contributed by atoms with E-state index in [-0.39, 0.29) is 5.56 Å². The number of aromatic nitrogens is 1. The Kier molecular flexibility index (Phi) is 4.73. The molecule has 0 bridgehead atoms. The summed E-state index contributed by atoms with van der Waals surface area (Å²) in [6, 6.07) is 3.76. The Morgan fingerprint density at radius 3 is 2.67 bits per heavy atom. The maximum Gasteiger partial charge on any atom is 0.337 e. The second-order valence-electron chi connectivity index (χ2n) is 3.14. The summed E-state index contributed by atoms with van der Waals surface area (Å²) in [4.78, 5) is 18.4. The van der Waals surface area contributed by atoms with Crippen LogP contribution in [0.4, 0.5) is 0 Å². The van der Waals surface area contributed by atoms with Gasteiger partial charge in [0.25, 0.3) is 0 Å². The van der Waals surface area contributed by atoms with E-state index in [2.05, 4.69) is 15.3 Å². The number of carbonyl (C=O) groups is 1. The van der Waals surface area contributed by atoms with Crippen LogP contribution in [0.25, 0.3) is 0 Å². The lowest BCUT2D eigenvalue weighted by Crippen LogP contribution is -2.12. The number of hydrogen-bond donors (Lipinski definition) is 2. The molecule has 1 aliphatic carbocycles. The molecule has 15 heavy (non-hydrogen) atoms. The van der Waals surface area contributed by atoms with Crippen LogP contribution in [0.2, 0.25) is 0 Å². The van der Waals surface area contributed by atoms with Gasteiger partial charge < -0.3 is 9.94 Å². The second kappa shape index (κ2) is 6.10. The van der Waals surface area contributed by atoms with Crippen LogP contribution in [-0.2, 0) is 4.84 Å². The van der Waals surface area contributed by atoms with Crippen LogP contribution in [0.1, 0.15) is 23.2 Å². The van der Waals surface area contributed by atoms with Crippen molar-refractivity contribution in [2.45, 2.75) is 18.9 Å². The molecule has 1 aromatic heterocycles. The van der Waals surface area contributed by atoms with Crippen molar-refractivity contribution in [3.05, 3.63) is 30.1 Å². The molecule has 1 aliphatic rings. The number of nitrogens with one attached hydrogen (secondary N) is 1. The lowest BCUT2D eigenvalue weighted by atomic mass is 10.3. The Bertz CT molecular complexity index is 299. The molecule has 5 nitrogen and oxygen atoms in total. The number of pyridine rings is 1. The van der Waals surface area contributed by atoms with Crippen molar-refractivity contribution in [1.29, 1.82) is 0 Å². The monoisotopic (exact) mass is 210 g/mol. The van der Waals surface area contributed by atoms with Crippen molar-refractivity contribution in [1.82, 2.24) is 10.5 Å². The van der Waals surface area contributed by atoms with Gasteiger partial charge in [0.2, 0.25) is 0 Å². The summed E-state index contributed by atoms with van der Waals surface area (Å²) in [6.45, 7) is 0. The van der Waals surface area contributed by atoms with Gasteiger partial charge in [-0.15, -0.1) is 0 Å². The van der Waals surface area contributed by atoms with Crippen molar-refractivity contribution in [2.75, 3.05) is 7.11 Å². The predicted molar refractivity (Wildman–Crippen MR) is 54.4 cm³/mol. The van der Waals surface area contributed by atoms with Gasteiger partial charge in [-0.2, -0.15) is 5.48 Å². The third-order valence-corrected chi connectivity index (χ3v) is 1.77. The third-order valence-electron chi connectivity index (χ3n) is 1.77. The molecule has 0 saturated heterocycles. The maximum atomic E-state index is 10.2. The first-order chi connectivity index (χ1) is 7.24. The molecule has 0 amide bonds. The topological polar surface area (TPSA) is 71.5 Å². The van der Waals surface area contributed by atoms with E-state index < -0.39 is 5.97 Å². The second-order valence-corrected chi connectivity index (χ2v) is 3.14. The molecule has 0 radical (unpaired) electrons. The summed E-state index contributed by atoms with van der Waals surface area (Å²) in [7, 11) is 1.65. The Morgan fingerprint density at radius 1 is 1.67 bits per heavy atom. The summed E-state index contributed by atoms with van der Waals surface area (Å²) >= 11 is 0. The summed E-state index contributed by atoms with van der Waals surface area (Å²) in [5, 5.41) is 8.34. The molecule has 2 N–H and O–H groups in total. The normalized spacial score (nSPS) is 13.9. The fraction of sp³-hybridized carbons (Fsp3) is 0.400. The van der Waals surface area contributed by atoms with E-state index in [9.17, 15) is 4.79 Å². The van der Waals surface area contributed by atoms with Crippen LogP contribution in [0.15, 0.2) is 24.5 Å². The SMILES string of the molecule is CONC1CC1.O=C(O)c1cccnc1. The lowest BCUT2D eigenvalue weighted by molar-refractivity contribution is 0.0696. The van der Waals surface area contributed by atoms with Gasteiger partial charge in [0.15, 0.2) is 0 Å². The quantitative estimate of drug-likeness (QED) is 0.730. The number of nitrogens with zero attached hydrogens (tertiary/aromatic N) is 1. The summed E-state index contributed by atoms with van der Waals surface area (Å²) < 4.78 is 0. The van der Waals surface area contributed by atoms with E-state index in [4.69, 9.17) is 5.11 Å². The van der Waals surface area contributed by atoms with Gasteiger partial charge in [0, 0.05) is 18.4 Å². The maximum absolute atomic E-state index is 10.2. The fourth-order valence-corrected chi connectivity index (χ4v) is 0.857. The van der Waals surface area contributed by atoms with Crippen LogP contribution in [0, 0.1) is 0 Å². The van der Waals surface area contributed by atoms with Crippen LogP contribution >= 0.6 is 0 Å². The van der Waals surface area contributed by atoms with E-state index >= 15 is 0 Å². The molecule has 0 unspecified atom stereocenters. The van der Waals surface area contributed by atoms with Gasteiger partial charge in [0.05, 0.1) is 12.7 Å². The van der Waals surface area contributed by atoms with E-state index in [1.807, 2.05) is 0 Å². The van der Waals surface area contributed by atoms with Gasteiger partial charge >= 0.3 is 5.97 Å². The molecule has 5 heteroatoms. The molecule has 0 spiro atoms. The van der Waals surface area contributed by atoms with Gasteiger partial charge in [-0.05, 0) is 25.0 Å². The molecule has 1 aromatic rings. The first kappa shape index (κ1) is 11.6. The highest BCUT2D eigenvalue weighted by Crippen LogP contribution is 2.17. The van der Waals surface area contributed by atoms with E-state index in [1.54, 1.807) is 13.2 Å². The van der Waals surface area contributed by atoms with Crippen molar-refractivity contribution in [2.24, 2.45) is 0 Å². The molecule has 0 aliphatic heterocycles. The van der Waals surface area contributed by atoms with Crippen molar-refractivity contribution in [3.63, 3.8) is 0 Å². The average molecular weight is 210 g/mol. The number of hydroxylamine groups is 1. The Labute approximate surface area is 88.0 Å². The minimum Gasteiger partial charge on any atom is -0.478 e. The highest BCUT2D eigenvalue weighted by atomic mass is 16.6. The molecule has 2 rings (SSSR count). The van der Waals surface area contributed by atoms with Gasteiger partial charge in [-0.3, -0.25) is 4.98 Å². The van der Waals surface area contributed by atoms with Gasteiger partial charge in [-0.25, -0.2) is 4.79 Å². The average Bonchev–Trinajstić information content (AvgIpc) is 3.05. The van der Waals surface area contributed by atoms with Crippen LogP contribution in [0.3, 0.4) is 0 Å². The minimum atomic E-state index is -0.942. The predicted octanol–water partition coefficient (Wildman–Crippen LogP) is 1.08. The van der Waals surface area contributed by atoms with Crippen molar-refractivity contribution >= 4 is 5.97 Å². The van der Waals surface area contributed by atoms with Gasteiger partial charge in [0.1, 0.15) is 0 Å². The van der Waals surface area contributed by atoms with Crippen LogP contribution in [0.5, 0.6) is 0 Å². The number of hydrogen-bond acceptors (Lipinski definition) is 4. The van der Waals surface area contributed by atoms with E-state index in [0.29, 0.717) is 6.04 Å². The fourth-order valence-electron chi connectivity index (χ4n) is 0.857. The first-order valence-electron chi connectivity index (χ1n) is 4.66. The molecule has 1 saturated carbocycles. The lowest BCUT2D eigenvalue weighted by Gasteiger charge is -1.91. The number of carboxylic acid groups (broad SMARTS) is 1. The van der Waals surface area contributed by atoms with Crippen molar-refractivity contribution < 1.29 is 14.7 Å². The molecular formula is C10H14N2O3. The highest BCUT2D eigenvalue weighted by Gasteiger charge is 2.19. The summed E-state index contributed by atoms with van der Waals surface area (Å²) in [5.74, 6) is -0.942. The first-order valence-corrected chi connectivity index (χ1v) is 4.66. The minimum absolute atomic E-state index is 0.220. The molecule has 0 atom stereocenters.